The summed E-state index contributed by atoms with van der Waals surface area (Å²) in [5.41, 5.74) is -3.91. The molecule has 0 unspecified atom stereocenters. The van der Waals surface area contributed by atoms with Gasteiger partial charge in [-0.15, -0.1) is 0 Å². The van der Waals surface area contributed by atoms with Crippen LogP contribution in [0.4, 0.5) is 40.8 Å². The molecule has 0 bridgehead atoms. The van der Waals surface area contributed by atoms with Crippen molar-refractivity contribution in [3.05, 3.63) is 170 Å². The van der Waals surface area contributed by atoms with Gasteiger partial charge in [-0.3, -0.25) is 4.79 Å². The Bertz CT molecular complexity index is 2720. The van der Waals surface area contributed by atoms with Crippen LogP contribution in [0.1, 0.15) is 58.1 Å². The lowest BCUT2D eigenvalue weighted by atomic mass is 9.77. The van der Waals surface area contributed by atoms with Crippen LogP contribution in [0.3, 0.4) is 0 Å². The minimum Gasteiger partial charge on any atom is -0.508 e. The number of carbonyl (C=O) groups excluding carboxylic acids is 4. The van der Waals surface area contributed by atoms with E-state index in [9.17, 15) is 64.5 Å². The van der Waals surface area contributed by atoms with Crippen molar-refractivity contribution in [2.24, 2.45) is 0 Å². The number of nitrogens with one attached hydrogen (secondary N) is 1. The Morgan fingerprint density at radius 1 is 0.550 bits per heavy atom. The van der Waals surface area contributed by atoms with E-state index in [1.54, 1.807) is 0 Å². The lowest BCUT2D eigenvalue weighted by Gasteiger charge is -2.36. The Labute approximate surface area is 328 Å². The average molecular weight is 836 g/mol. The summed E-state index contributed by atoms with van der Waals surface area (Å²) in [4.78, 5) is 53.5. The number of amides is 1. The SMILES string of the molecule is O=C(Nc1cc(C(=O)Oc2c(F)c(F)cc(F)c2F)cc(C(=O)Oc2c(F)c(F)cc(F)c2F)c1)c1ccc2c(c1)C(=O)OC21c2ccc(O)cc2Oc2cc(O)ccc21. The lowest BCUT2D eigenvalue weighted by Crippen LogP contribution is -2.32. The van der Waals surface area contributed by atoms with Gasteiger partial charge in [0.25, 0.3) is 5.91 Å². The highest BCUT2D eigenvalue weighted by Crippen LogP contribution is 2.57. The maximum atomic E-state index is 14.4. The molecular weight excluding hydrogens is 818 g/mol. The van der Waals surface area contributed by atoms with E-state index in [1.165, 1.54) is 48.5 Å². The molecule has 0 aromatic heterocycles. The highest BCUT2D eigenvalue weighted by Gasteiger charge is 2.54. The molecule has 0 radical (unpaired) electrons. The zero-order chi connectivity index (χ0) is 42.9. The molecule has 2 aliphatic heterocycles. The number of anilines is 1. The topological polar surface area (TPSA) is 158 Å². The minimum atomic E-state index is -2.15. The van der Waals surface area contributed by atoms with Crippen LogP contribution in [0.2, 0.25) is 0 Å². The van der Waals surface area contributed by atoms with Gasteiger partial charge in [0.15, 0.2) is 28.9 Å². The minimum absolute atomic E-state index is 0.0596. The second-order valence-electron chi connectivity index (χ2n) is 12.9. The van der Waals surface area contributed by atoms with Gasteiger partial charge in [-0.1, -0.05) is 6.07 Å². The third kappa shape index (κ3) is 6.32. The highest BCUT2D eigenvalue weighted by molar-refractivity contribution is 6.08. The van der Waals surface area contributed by atoms with Gasteiger partial charge >= 0.3 is 17.9 Å². The molecule has 0 aliphatic carbocycles. The first-order valence-corrected chi connectivity index (χ1v) is 16.8. The van der Waals surface area contributed by atoms with Gasteiger partial charge in [-0.25, -0.2) is 31.9 Å². The zero-order valence-corrected chi connectivity index (χ0v) is 29.3. The van der Waals surface area contributed by atoms with Crippen LogP contribution < -0.4 is 19.5 Å². The number of hydrogen-bond donors (Lipinski definition) is 3. The van der Waals surface area contributed by atoms with E-state index in [4.69, 9.17) is 9.47 Å². The number of esters is 3. The van der Waals surface area contributed by atoms with E-state index in [2.05, 4.69) is 14.8 Å². The van der Waals surface area contributed by atoms with Gasteiger partial charge in [0.05, 0.1) is 16.7 Å². The molecule has 0 fully saturated rings. The second-order valence-corrected chi connectivity index (χ2v) is 12.9. The number of benzene rings is 6. The number of fused-ring (bicyclic) bond motifs is 6. The Kier molecular flexibility index (Phi) is 9.17. The lowest BCUT2D eigenvalue weighted by molar-refractivity contribution is 0.0223. The van der Waals surface area contributed by atoms with Crippen molar-refractivity contribution in [2.75, 3.05) is 5.32 Å². The van der Waals surface area contributed by atoms with Gasteiger partial charge in [0, 0.05) is 52.2 Å². The number of hydrogen-bond acceptors (Lipinski definition) is 10. The molecule has 0 saturated heterocycles. The number of halogens is 8. The summed E-state index contributed by atoms with van der Waals surface area (Å²) in [5, 5.41) is 22.6. The zero-order valence-electron chi connectivity index (χ0n) is 29.3. The van der Waals surface area contributed by atoms with Gasteiger partial charge in [-0.2, -0.15) is 17.6 Å². The summed E-state index contributed by atoms with van der Waals surface area (Å²) in [5.74, 6) is -26.2. The molecule has 0 saturated carbocycles. The molecule has 302 valence electrons. The average Bonchev–Trinajstić information content (AvgIpc) is 3.50. The third-order valence-corrected chi connectivity index (χ3v) is 9.23. The largest absolute Gasteiger partial charge is 0.508 e. The van der Waals surface area contributed by atoms with Crippen molar-refractivity contribution >= 4 is 29.5 Å². The van der Waals surface area contributed by atoms with Gasteiger partial charge in [0.1, 0.15) is 23.0 Å². The van der Waals surface area contributed by atoms with Crippen LogP contribution >= 0.6 is 0 Å². The Hall–Kier alpha value is -7.96. The van der Waals surface area contributed by atoms with Crippen molar-refractivity contribution in [1.29, 1.82) is 0 Å². The smallest absolute Gasteiger partial charge is 0.343 e. The molecule has 8 rings (SSSR count). The van der Waals surface area contributed by atoms with Crippen molar-refractivity contribution in [3.63, 3.8) is 0 Å². The molecule has 0 atom stereocenters. The van der Waals surface area contributed by atoms with E-state index < -0.39 is 104 Å². The van der Waals surface area contributed by atoms with Crippen LogP contribution in [0.15, 0.2) is 84.9 Å². The molecule has 19 heteroatoms. The predicted molar refractivity (Wildman–Crippen MR) is 185 cm³/mol. The first-order chi connectivity index (χ1) is 28.5. The summed E-state index contributed by atoms with van der Waals surface area (Å²) in [7, 11) is 0. The van der Waals surface area contributed by atoms with Crippen LogP contribution in [0.5, 0.6) is 34.5 Å². The monoisotopic (exact) mass is 835 g/mol. The van der Waals surface area contributed by atoms with E-state index >= 15 is 0 Å². The van der Waals surface area contributed by atoms with Crippen LogP contribution in [-0.4, -0.2) is 34.0 Å². The summed E-state index contributed by atoms with van der Waals surface area (Å²) < 4.78 is 134. The van der Waals surface area contributed by atoms with E-state index in [0.717, 1.165) is 6.07 Å². The summed E-state index contributed by atoms with van der Waals surface area (Å²) in [6.07, 6.45) is 0. The van der Waals surface area contributed by atoms with Gasteiger partial charge in [0.2, 0.25) is 34.8 Å². The maximum Gasteiger partial charge on any atom is 0.343 e. The number of rotatable bonds is 6. The maximum absolute atomic E-state index is 14.4. The third-order valence-electron chi connectivity index (χ3n) is 9.23. The van der Waals surface area contributed by atoms with E-state index in [0.29, 0.717) is 18.2 Å². The Morgan fingerprint density at radius 2 is 1.00 bits per heavy atom. The number of phenolic OH excluding ortho intramolecular Hbond substituents is 2. The molecular formula is C41H17F8NO10. The molecule has 1 amide bonds. The fourth-order valence-electron chi connectivity index (χ4n) is 6.57. The fourth-order valence-corrected chi connectivity index (χ4v) is 6.57. The van der Waals surface area contributed by atoms with Crippen molar-refractivity contribution < 1.29 is 83.5 Å². The molecule has 2 heterocycles. The van der Waals surface area contributed by atoms with E-state index in [1.807, 2.05) is 0 Å². The Morgan fingerprint density at radius 3 is 1.47 bits per heavy atom. The molecule has 6 aromatic rings. The molecule has 60 heavy (non-hydrogen) atoms. The standard InChI is InChI=1S/C41H17F8NO10/c42-25-13-26(43)32(47)35(31(25)46)58-38(54)16-7-17(39(55)59-36-33(48)27(44)14-28(45)34(36)49)9-18(8-16)50-37(53)15-1-4-22-21(10-15)40(56)60-41(22)23-5-2-19(51)11-29(23)57-30-12-20(52)3-6-24(30)41/h1-14,51-52H,(H,50,53). The van der Waals surface area contributed by atoms with Gasteiger partial charge < -0.3 is 34.5 Å². The van der Waals surface area contributed by atoms with Crippen LogP contribution in [-0.2, 0) is 10.3 Å². The fraction of sp³-hybridized carbons (Fsp3) is 0.0244. The highest BCUT2D eigenvalue weighted by atomic mass is 19.2. The molecule has 1 spiro atoms. The van der Waals surface area contributed by atoms with Crippen molar-refractivity contribution in [1.82, 2.24) is 0 Å². The Balaban J connectivity index is 1.17. The second kappa shape index (κ2) is 14.1. The quantitative estimate of drug-likeness (QED) is 0.0644. The molecule has 3 N–H and O–H groups in total. The molecule has 6 aromatic carbocycles. The van der Waals surface area contributed by atoms with Crippen molar-refractivity contribution in [2.45, 2.75) is 5.60 Å². The summed E-state index contributed by atoms with van der Waals surface area (Å²) in [6, 6.07) is 13.2. The first kappa shape index (κ1) is 38.9. The summed E-state index contributed by atoms with van der Waals surface area (Å²) >= 11 is 0. The van der Waals surface area contributed by atoms with Gasteiger partial charge in [-0.05, 0) is 54.6 Å². The predicted octanol–water partition coefficient (Wildman–Crippen LogP) is 8.47. The first-order valence-electron chi connectivity index (χ1n) is 16.8. The molecule has 2 aliphatic rings. The normalized spacial score (nSPS) is 13.1. The number of carbonyl (C=O) groups is 4. The number of ether oxygens (including phenoxy) is 4. The molecule has 11 nitrogen and oxygen atoms in total. The van der Waals surface area contributed by atoms with Crippen LogP contribution in [0.25, 0.3) is 0 Å². The van der Waals surface area contributed by atoms with E-state index in [-0.39, 0.29) is 62.9 Å². The number of aromatic hydroxyl groups is 2. The summed E-state index contributed by atoms with van der Waals surface area (Å²) in [6.45, 7) is 0. The van der Waals surface area contributed by atoms with Crippen molar-refractivity contribution in [3.8, 4) is 34.5 Å². The number of phenols is 2. The van der Waals surface area contributed by atoms with Crippen LogP contribution in [0, 0.1) is 46.5 Å².